The first-order valence-corrected chi connectivity index (χ1v) is 6.51. The minimum absolute atomic E-state index is 0.163. The van der Waals surface area contributed by atoms with Crippen molar-refractivity contribution in [2.45, 2.75) is 64.1 Å². The molecule has 0 amide bonds. The van der Waals surface area contributed by atoms with Crippen molar-refractivity contribution in [3.8, 4) is 0 Å². The average Bonchev–Trinajstić information content (AvgIpc) is 2.27. The summed E-state index contributed by atoms with van der Waals surface area (Å²) >= 11 is 5.07. The Labute approximate surface area is 109 Å². The van der Waals surface area contributed by atoms with Crippen molar-refractivity contribution < 1.29 is 0 Å². The zero-order chi connectivity index (χ0) is 12.9. The first-order chi connectivity index (χ1) is 7.87. The summed E-state index contributed by atoms with van der Waals surface area (Å²) in [5.74, 6) is 5.30. The number of thiocarbonyl (C=S) groups is 1. The first-order valence-electron chi connectivity index (χ1n) is 6.10. The van der Waals surface area contributed by atoms with Gasteiger partial charge >= 0.3 is 0 Å². The molecule has 1 saturated carbocycles. The standard InChI is InChI=1S/C11H23N5S/c1-10(2,3)15-16-11(13-9(17)14-12)7-5-4-6-8-11/h4-8,12H2,1-3H3,(H2,13,14,17). The van der Waals surface area contributed by atoms with E-state index >= 15 is 0 Å². The van der Waals surface area contributed by atoms with Gasteiger partial charge in [-0.05, 0) is 58.7 Å². The van der Waals surface area contributed by atoms with Crippen LogP contribution in [0.15, 0.2) is 10.2 Å². The van der Waals surface area contributed by atoms with Crippen LogP contribution in [0.5, 0.6) is 0 Å². The van der Waals surface area contributed by atoms with Crippen molar-refractivity contribution in [1.82, 2.24) is 10.7 Å². The maximum absolute atomic E-state index is 5.30. The molecule has 0 atom stereocenters. The fraction of sp³-hybridized carbons (Fsp3) is 0.909. The molecular formula is C11H23N5S. The zero-order valence-electron chi connectivity index (χ0n) is 10.9. The molecule has 0 radical (unpaired) electrons. The molecule has 0 aliphatic heterocycles. The molecule has 5 nitrogen and oxygen atoms in total. The van der Waals surface area contributed by atoms with Gasteiger partial charge in [-0.1, -0.05) is 6.42 Å². The second-order valence-corrected chi connectivity index (χ2v) is 5.97. The lowest BCUT2D eigenvalue weighted by molar-refractivity contribution is 0.255. The lowest BCUT2D eigenvalue weighted by Gasteiger charge is -2.34. The number of rotatable bonds is 2. The highest BCUT2D eigenvalue weighted by atomic mass is 32.1. The quantitative estimate of drug-likeness (QED) is 0.307. The van der Waals surface area contributed by atoms with E-state index in [1.807, 2.05) is 20.8 Å². The Morgan fingerprint density at radius 2 is 1.82 bits per heavy atom. The molecular weight excluding hydrogens is 234 g/mol. The molecule has 0 aromatic rings. The molecule has 0 unspecified atom stereocenters. The summed E-state index contributed by atoms with van der Waals surface area (Å²) in [5.41, 5.74) is 1.92. The van der Waals surface area contributed by atoms with Crippen LogP contribution in [-0.2, 0) is 0 Å². The molecule has 98 valence electrons. The van der Waals surface area contributed by atoms with Crippen LogP contribution in [0.4, 0.5) is 0 Å². The molecule has 0 bridgehead atoms. The smallest absolute Gasteiger partial charge is 0.182 e. The average molecular weight is 257 g/mol. The van der Waals surface area contributed by atoms with Crippen LogP contribution in [0.25, 0.3) is 0 Å². The number of hydrazine groups is 1. The minimum Gasteiger partial charge on any atom is -0.336 e. The van der Waals surface area contributed by atoms with E-state index in [0.717, 1.165) is 25.7 Å². The lowest BCUT2D eigenvalue weighted by Crippen LogP contribution is -2.53. The summed E-state index contributed by atoms with van der Waals surface area (Å²) in [4.78, 5) is 0. The molecule has 0 saturated heterocycles. The molecule has 6 heteroatoms. The van der Waals surface area contributed by atoms with Crippen LogP contribution >= 0.6 is 12.2 Å². The first kappa shape index (κ1) is 14.3. The Morgan fingerprint density at radius 1 is 1.24 bits per heavy atom. The van der Waals surface area contributed by atoms with Gasteiger partial charge in [-0.3, -0.25) is 0 Å². The second kappa shape index (κ2) is 5.73. The summed E-state index contributed by atoms with van der Waals surface area (Å²) in [6.45, 7) is 6.10. The maximum Gasteiger partial charge on any atom is 0.182 e. The maximum atomic E-state index is 5.30. The molecule has 17 heavy (non-hydrogen) atoms. The molecule has 0 heterocycles. The number of nitrogens with one attached hydrogen (secondary N) is 2. The van der Waals surface area contributed by atoms with Gasteiger partial charge in [-0.2, -0.15) is 10.2 Å². The van der Waals surface area contributed by atoms with Crippen molar-refractivity contribution in [3.63, 3.8) is 0 Å². The zero-order valence-corrected chi connectivity index (χ0v) is 11.7. The van der Waals surface area contributed by atoms with E-state index in [1.54, 1.807) is 0 Å². The van der Waals surface area contributed by atoms with E-state index in [-0.39, 0.29) is 11.2 Å². The van der Waals surface area contributed by atoms with Crippen molar-refractivity contribution in [3.05, 3.63) is 0 Å². The van der Waals surface area contributed by atoms with Crippen molar-refractivity contribution >= 4 is 17.3 Å². The van der Waals surface area contributed by atoms with E-state index in [4.69, 9.17) is 18.1 Å². The van der Waals surface area contributed by atoms with Crippen molar-refractivity contribution in [2.24, 2.45) is 16.1 Å². The van der Waals surface area contributed by atoms with Gasteiger partial charge in [0, 0.05) is 0 Å². The van der Waals surface area contributed by atoms with Gasteiger partial charge in [-0.15, -0.1) is 0 Å². The third-order valence-corrected chi connectivity index (χ3v) is 2.92. The highest BCUT2D eigenvalue weighted by Crippen LogP contribution is 2.30. The number of nitrogens with two attached hydrogens (primary N) is 1. The largest absolute Gasteiger partial charge is 0.336 e. The normalized spacial score (nSPS) is 20.2. The fourth-order valence-corrected chi connectivity index (χ4v) is 2.07. The van der Waals surface area contributed by atoms with Gasteiger partial charge in [0.25, 0.3) is 0 Å². The Kier molecular flexibility index (Phi) is 4.82. The van der Waals surface area contributed by atoms with E-state index in [1.165, 1.54) is 6.42 Å². The Balaban J connectivity index is 2.78. The third kappa shape index (κ3) is 4.95. The molecule has 0 spiro atoms. The second-order valence-electron chi connectivity index (χ2n) is 5.56. The van der Waals surface area contributed by atoms with Gasteiger partial charge in [0.2, 0.25) is 0 Å². The third-order valence-electron chi connectivity index (χ3n) is 2.70. The van der Waals surface area contributed by atoms with Gasteiger partial charge in [0.1, 0.15) is 0 Å². The number of nitrogens with zero attached hydrogens (tertiary/aromatic N) is 2. The Hall–Kier alpha value is -0.750. The molecule has 1 fully saturated rings. The van der Waals surface area contributed by atoms with Gasteiger partial charge < -0.3 is 10.7 Å². The van der Waals surface area contributed by atoms with Crippen LogP contribution in [0, 0.1) is 0 Å². The molecule has 0 aromatic heterocycles. The lowest BCUT2D eigenvalue weighted by atomic mass is 9.90. The van der Waals surface area contributed by atoms with Crippen LogP contribution in [0.3, 0.4) is 0 Å². The van der Waals surface area contributed by atoms with E-state index in [2.05, 4.69) is 21.0 Å². The monoisotopic (exact) mass is 257 g/mol. The summed E-state index contributed by atoms with van der Waals surface area (Å²) in [5, 5.41) is 12.5. The predicted octanol–water partition coefficient (Wildman–Crippen LogP) is 2.24. The van der Waals surface area contributed by atoms with Crippen molar-refractivity contribution in [1.29, 1.82) is 0 Å². The molecule has 1 rings (SSSR count). The molecule has 1 aliphatic rings. The Morgan fingerprint density at radius 3 is 2.29 bits per heavy atom. The summed E-state index contributed by atoms with van der Waals surface area (Å²) in [7, 11) is 0. The van der Waals surface area contributed by atoms with Gasteiger partial charge in [-0.25, -0.2) is 5.84 Å². The number of hydrogen-bond acceptors (Lipinski definition) is 4. The fourth-order valence-electron chi connectivity index (χ4n) is 1.88. The minimum atomic E-state index is -0.366. The Bertz CT molecular complexity index is 289. The van der Waals surface area contributed by atoms with Crippen LogP contribution in [0.1, 0.15) is 52.9 Å². The molecule has 0 aromatic carbocycles. The summed E-state index contributed by atoms with van der Waals surface area (Å²) < 4.78 is 0. The van der Waals surface area contributed by atoms with E-state index in [9.17, 15) is 0 Å². The topological polar surface area (TPSA) is 74.8 Å². The van der Waals surface area contributed by atoms with E-state index < -0.39 is 0 Å². The van der Waals surface area contributed by atoms with Gasteiger partial charge in [0.15, 0.2) is 10.8 Å². The van der Waals surface area contributed by atoms with Crippen LogP contribution in [0.2, 0.25) is 0 Å². The number of azo groups is 1. The molecule has 1 aliphatic carbocycles. The van der Waals surface area contributed by atoms with Gasteiger partial charge in [0.05, 0.1) is 5.54 Å². The molecule has 4 N–H and O–H groups in total. The van der Waals surface area contributed by atoms with Crippen LogP contribution in [-0.4, -0.2) is 16.3 Å². The summed E-state index contributed by atoms with van der Waals surface area (Å²) in [6, 6.07) is 0. The number of hydrogen-bond donors (Lipinski definition) is 3. The highest BCUT2D eigenvalue weighted by Gasteiger charge is 2.33. The SMILES string of the molecule is CC(C)(C)N=NC1(NC(=S)NN)CCCCC1. The van der Waals surface area contributed by atoms with Crippen molar-refractivity contribution in [2.75, 3.05) is 0 Å². The summed E-state index contributed by atoms with van der Waals surface area (Å²) in [6.07, 6.45) is 5.44. The predicted molar refractivity (Wildman–Crippen MR) is 73.5 cm³/mol. The highest BCUT2D eigenvalue weighted by molar-refractivity contribution is 7.80. The van der Waals surface area contributed by atoms with E-state index in [0.29, 0.717) is 5.11 Å². The van der Waals surface area contributed by atoms with Crippen LogP contribution < -0.4 is 16.6 Å².